The van der Waals surface area contributed by atoms with E-state index in [0.29, 0.717) is 18.1 Å². The van der Waals surface area contributed by atoms with E-state index in [4.69, 9.17) is 4.42 Å². The van der Waals surface area contributed by atoms with Crippen LogP contribution >= 0.6 is 0 Å². The van der Waals surface area contributed by atoms with Gasteiger partial charge in [-0.25, -0.2) is 4.98 Å². The second-order valence-electron chi connectivity index (χ2n) is 6.79. The zero-order chi connectivity index (χ0) is 14.6. The van der Waals surface area contributed by atoms with Gasteiger partial charge in [0.15, 0.2) is 5.89 Å². The average molecular weight is 265 g/mol. The summed E-state index contributed by atoms with van der Waals surface area (Å²) in [6.07, 6.45) is 3.83. The van der Waals surface area contributed by atoms with Crippen molar-refractivity contribution in [2.24, 2.45) is 17.3 Å². The summed E-state index contributed by atoms with van der Waals surface area (Å²) in [4.78, 5) is 16.6. The molecular formula is C16H27NO2. The van der Waals surface area contributed by atoms with Gasteiger partial charge in [-0.1, -0.05) is 34.6 Å². The summed E-state index contributed by atoms with van der Waals surface area (Å²) in [5.74, 6) is 1.61. The topological polar surface area (TPSA) is 43.1 Å². The van der Waals surface area contributed by atoms with Gasteiger partial charge in [-0.3, -0.25) is 4.79 Å². The first-order valence-electron chi connectivity index (χ1n) is 7.15. The summed E-state index contributed by atoms with van der Waals surface area (Å²) in [7, 11) is 0. The van der Waals surface area contributed by atoms with Crippen molar-refractivity contribution in [2.45, 2.75) is 60.8 Å². The van der Waals surface area contributed by atoms with Gasteiger partial charge in [0, 0.05) is 18.8 Å². The number of aryl methyl sites for hydroxylation is 2. The molecule has 0 saturated carbocycles. The molecule has 1 rings (SSSR count). The van der Waals surface area contributed by atoms with Crippen molar-refractivity contribution < 1.29 is 9.21 Å². The van der Waals surface area contributed by atoms with Crippen LogP contribution in [0.1, 0.15) is 59.0 Å². The first-order valence-corrected chi connectivity index (χ1v) is 7.15. The first kappa shape index (κ1) is 15.9. The highest BCUT2D eigenvalue weighted by molar-refractivity contribution is 5.81. The molecule has 0 spiro atoms. The molecule has 1 aromatic rings. The summed E-state index contributed by atoms with van der Waals surface area (Å²) in [6, 6.07) is 0. The van der Waals surface area contributed by atoms with Gasteiger partial charge in [0.2, 0.25) is 0 Å². The van der Waals surface area contributed by atoms with Crippen LogP contribution in [-0.2, 0) is 11.2 Å². The van der Waals surface area contributed by atoms with Crippen molar-refractivity contribution in [3.05, 3.63) is 17.8 Å². The predicted molar refractivity (Wildman–Crippen MR) is 77.0 cm³/mol. The van der Waals surface area contributed by atoms with E-state index >= 15 is 0 Å². The number of hydrogen-bond acceptors (Lipinski definition) is 3. The lowest BCUT2D eigenvalue weighted by molar-refractivity contribution is -0.128. The van der Waals surface area contributed by atoms with Gasteiger partial charge in [-0.2, -0.15) is 0 Å². The number of hydrogen-bond donors (Lipinski definition) is 0. The van der Waals surface area contributed by atoms with Crippen molar-refractivity contribution in [1.82, 2.24) is 4.98 Å². The summed E-state index contributed by atoms with van der Waals surface area (Å²) in [6.45, 7) is 12.6. The molecule has 108 valence electrons. The van der Waals surface area contributed by atoms with Crippen LogP contribution < -0.4 is 0 Å². The van der Waals surface area contributed by atoms with Gasteiger partial charge in [0.1, 0.15) is 12.0 Å². The van der Waals surface area contributed by atoms with Crippen molar-refractivity contribution in [2.75, 3.05) is 0 Å². The van der Waals surface area contributed by atoms with Gasteiger partial charge >= 0.3 is 0 Å². The van der Waals surface area contributed by atoms with Crippen LogP contribution in [0.4, 0.5) is 0 Å². The molecule has 19 heavy (non-hydrogen) atoms. The van der Waals surface area contributed by atoms with Gasteiger partial charge < -0.3 is 4.42 Å². The maximum Gasteiger partial charge on any atom is 0.194 e. The van der Waals surface area contributed by atoms with E-state index in [1.54, 1.807) is 6.26 Å². The predicted octanol–water partition coefficient (Wildman–Crippen LogP) is 4.19. The highest BCUT2D eigenvalue weighted by Gasteiger charge is 2.32. The fraction of sp³-hybridized carbons (Fsp3) is 0.750. The largest absolute Gasteiger partial charge is 0.449 e. The maximum atomic E-state index is 12.4. The summed E-state index contributed by atoms with van der Waals surface area (Å²) < 4.78 is 5.30. The smallest absolute Gasteiger partial charge is 0.194 e. The van der Waals surface area contributed by atoms with Gasteiger partial charge in [0.05, 0.1) is 5.69 Å². The van der Waals surface area contributed by atoms with Crippen molar-refractivity contribution in [3.63, 3.8) is 0 Å². The van der Waals surface area contributed by atoms with Crippen LogP contribution in [-0.4, -0.2) is 10.8 Å². The lowest BCUT2D eigenvalue weighted by Gasteiger charge is -2.32. The minimum absolute atomic E-state index is 0.0325. The van der Waals surface area contributed by atoms with Crippen molar-refractivity contribution >= 4 is 5.78 Å². The van der Waals surface area contributed by atoms with Crippen LogP contribution in [0, 0.1) is 24.2 Å². The normalized spacial score (nSPS) is 13.8. The fourth-order valence-electron chi connectivity index (χ4n) is 2.94. The van der Waals surface area contributed by atoms with Gasteiger partial charge in [-0.15, -0.1) is 0 Å². The van der Waals surface area contributed by atoms with Crippen LogP contribution in [0.3, 0.4) is 0 Å². The second-order valence-corrected chi connectivity index (χ2v) is 6.79. The molecule has 1 aromatic heterocycles. The molecule has 1 atom stereocenters. The van der Waals surface area contributed by atoms with E-state index in [-0.39, 0.29) is 11.3 Å². The lowest BCUT2D eigenvalue weighted by atomic mass is 9.71. The third kappa shape index (κ3) is 4.81. The summed E-state index contributed by atoms with van der Waals surface area (Å²) in [5.41, 5.74) is 0.932. The minimum Gasteiger partial charge on any atom is -0.449 e. The third-order valence-electron chi connectivity index (χ3n) is 3.43. The summed E-state index contributed by atoms with van der Waals surface area (Å²) >= 11 is 0. The van der Waals surface area contributed by atoms with Crippen molar-refractivity contribution in [3.8, 4) is 0 Å². The molecule has 0 aliphatic rings. The zero-order valence-electron chi connectivity index (χ0n) is 13.1. The highest BCUT2D eigenvalue weighted by atomic mass is 16.3. The third-order valence-corrected chi connectivity index (χ3v) is 3.43. The average Bonchev–Trinajstić information content (AvgIpc) is 2.61. The molecule has 0 aliphatic heterocycles. The second kappa shape index (κ2) is 6.36. The molecule has 0 aromatic carbocycles. The molecular weight excluding hydrogens is 238 g/mol. The molecule has 0 N–H and O–H groups in total. The number of aromatic nitrogens is 1. The van der Waals surface area contributed by atoms with E-state index in [2.05, 4.69) is 39.6 Å². The first-order chi connectivity index (χ1) is 8.71. The summed E-state index contributed by atoms with van der Waals surface area (Å²) in [5, 5.41) is 0. The molecule has 0 radical (unpaired) electrons. The Morgan fingerprint density at radius 3 is 2.42 bits per heavy atom. The maximum absolute atomic E-state index is 12.4. The molecule has 1 heterocycles. The van der Waals surface area contributed by atoms with E-state index in [1.807, 2.05) is 6.92 Å². The van der Waals surface area contributed by atoms with Crippen molar-refractivity contribution in [1.29, 1.82) is 0 Å². The lowest BCUT2D eigenvalue weighted by Crippen LogP contribution is -2.32. The SMILES string of the molecule is Cc1coc(CCCC(=O)C(C(C)C)C(C)(C)C)n1. The molecule has 0 amide bonds. The molecule has 1 unspecified atom stereocenters. The Morgan fingerprint density at radius 2 is 2.00 bits per heavy atom. The van der Waals surface area contributed by atoms with Crippen LogP contribution in [0.5, 0.6) is 0 Å². The molecule has 3 heteroatoms. The number of carbonyl (C=O) groups excluding carboxylic acids is 1. The Labute approximate surface area is 116 Å². The monoisotopic (exact) mass is 265 g/mol. The Kier molecular flexibility index (Phi) is 5.33. The van der Waals surface area contributed by atoms with Gasteiger partial charge in [-0.05, 0) is 24.7 Å². The molecule has 0 fully saturated rings. The highest BCUT2D eigenvalue weighted by Crippen LogP contribution is 2.33. The number of ketones is 1. The van der Waals surface area contributed by atoms with Crippen LogP contribution in [0.15, 0.2) is 10.7 Å². The Balaban J connectivity index is 2.49. The zero-order valence-corrected chi connectivity index (χ0v) is 13.1. The quantitative estimate of drug-likeness (QED) is 0.774. The van der Waals surface area contributed by atoms with E-state index < -0.39 is 0 Å². The standard InChI is InChI=1S/C16H27NO2/c1-11(2)15(16(4,5)6)13(18)8-7-9-14-17-12(3)10-19-14/h10-11,15H,7-9H2,1-6H3. The number of oxazole rings is 1. The van der Waals surface area contributed by atoms with Crippen LogP contribution in [0.25, 0.3) is 0 Å². The molecule has 3 nitrogen and oxygen atoms in total. The van der Waals surface area contributed by atoms with Crippen LogP contribution in [0.2, 0.25) is 0 Å². The van der Waals surface area contributed by atoms with E-state index in [9.17, 15) is 4.79 Å². The minimum atomic E-state index is 0.0325. The Morgan fingerprint density at radius 1 is 1.37 bits per heavy atom. The molecule has 0 saturated heterocycles. The van der Waals surface area contributed by atoms with E-state index in [1.165, 1.54) is 0 Å². The number of nitrogens with zero attached hydrogens (tertiary/aromatic N) is 1. The Hall–Kier alpha value is -1.12. The number of Topliss-reactive ketones (excluding diaryl/α,β-unsaturated/α-hetero) is 1. The van der Waals surface area contributed by atoms with E-state index in [0.717, 1.165) is 24.4 Å². The number of carbonyl (C=O) groups is 1. The molecule has 0 aliphatic carbocycles. The Bertz CT molecular complexity index is 413. The van der Waals surface area contributed by atoms with Gasteiger partial charge in [0.25, 0.3) is 0 Å². The molecule has 0 bridgehead atoms. The number of rotatable bonds is 6. The fourth-order valence-corrected chi connectivity index (χ4v) is 2.94.